The molecule has 1 fully saturated rings. The summed E-state index contributed by atoms with van der Waals surface area (Å²) in [4.78, 5) is 28.8. The fourth-order valence-electron chi connectivity index (χ4n) is 3.10. The molecule has 136 valence electrons. The quantitative estimate of drug-likeness (QED) is 0.775. The Balaban J connectivity index is 1.75. The maximum absolute atomic E-state index is 12.4. The van der Waals surface area contributed by atoms with Crippen LogP contribution in [-0.4, -0.2) is 29.5 Å². The molecule has 1 heterocycles. The third-order valence-electron chi connectivity index (χ3n) is 4.40. The molecule has 0 aliphatic heterocycles. The molecule has 6 heteroatoms. The molecule has 0 spiro atoms. The van der Waals surface area contributed by atoms with Crippen LogP contribution in [0.4, 0.5) is 11.5 Å². The Bertz CT molecular complexity index is 785. The Kier molecular flexibility index (Phi) is 5.84. The fraction of sp³-hybridized carbons (Fsp3) is 0.350. The number of benzene rings is 1. The number of carbonyl (C=O) groups excluding carboxylic acids is 2. The molecule has 0 radical (unpaired) electrons. The standard InChI is InChI=1S/C20H23N3O3/c1-2-26-20(25)16-9-5-6-10-17(16)23-18-13-14(11-12-21-18)19(24)22-15-7-3-4-8-15/h5-6,9-13,15H,2-4,7-8H2,1H3,(H,21,23)(H,22,24). The summed E-state index contributed by atoms with van der Waals surface area (Å²) in [6, 6.07) is 10.7. The second-order valence-electron chi connectivity index (χ2n) is 6.28. The molecular weight excluding hydrogens is 330 g/mol. The van der Waals surface area contributed by atoms with E-state index in [-0.39, 0.29) is 11.9 Å². The first kappa shape index (κ1) is 17.9. The van der Waals surface area contributed by atoms with Crippen molar-refractivity contribution in [2.45, 2.75) is 38.6 Å². The van der Waals surface area contributed by atoms with Gasteiger partial charge in [0.15, 0.2) is 0 Å². The maximum atomic E-state index is 12.4. The van der Waals surface area contributed by atoms with Crippen molar-refractivity contribution in [3.05, 3.63) is 53.7 Å². The number of aromatic nitrogens is 1. The topological polar surface area (TPSA) is 80.3 Å². The van der Waals surface area contributed by atoms with Gasteiger partial charge >= 0.3 is 5.97 Å². The number of rotatable bonds is 6. The van der Waals surface area contributed by atoms with E-state index < -0.39 is 5.97 Å². The number of pyridine rings is 1. The summed E-state index contributed by atoms with van der Waals surface area (Å²) in [5, 5.41) is 6.17. The van der Waals surface area contributed by atoms with E-state index in [4.69, 9.17) is 4.74 Å². The lowest BCUT2D eigenvalue weighted by Gasteiger charge is -2.13. The summed E-state index contributed by atoms with van der Waals surface area (Å²) in [5.74, 6) is 0.00702. The van der Waals surface area contributed by atoms with E-state index in [2.05, 4.69) is 15.6 Å². The second kappa shape index (κ2) is 8.47. The smallest absolute Gasteiger partial charge is 0.340 e. The third kappa shape index (κ3) is 4.39. The normalized spacial score (nSPS) is 14.0. The van der Waals surface area contributed by atoms with Crippen LogP contribution in [0.3, 0.4) is 0 Å². The van der Waals surface area contributed by atoms with Gasteiger partial charge in [-0.15, -0.1) is 0 Å². The Morgan fingerprint density at radius 2 is 1.96 bits per heavy atom. The van der Waals surface area contributed by atoms with Gasteiger partial charge in [0.05, 0.1) is 17.9 Å². The average molecular weight is 353 g/mol. The Morgan fingerprint density at radius 1 is 1.19 bits per heavy atom. The minimum absolute atomic E-state index is 0.0963. The van der Waals surface area contributed by atoms with Gasteiger partial charge in [-0.25, -0.2) is 9.78 Å². The summed E-state index contributed by atoms with van der Waals surface area (Å²) in [6.07, 6.45) is 5.99. The molecule has 3 rings (SSSR count). The summed E-state index contributed by atoms with van der Waals surface area (Å²) >= 11 is 0. The Labute approximate surface area is 153 Å². The zero-order valence-electron chi connectivity index (χ0n) is 14.8. The monoisotopic (exact) mass is 353 g/mol. The number of hydrogen-bond acceptors (Lipinski definition) is 5. The minimum Gasteiger partial charge on any atom is -0.462 e. The lowest BCUT2D eigenvalue weighted by Crippen LogP contribution is -2.32. The predicted octanol–water partition coefficient (Wildman–Crippen LogP) is 3.67. The van der Waals surface area contributed by atoms with Crippen LogP contribution in [0.5, 0.6) is 0 Å². The predicted molar refractivity (Wildman–Crippen MR) is 99.6 cm³/mol. The molecule has 0 saturated heterocycles. The van der Waals surface area contributed by atoms with Crippen LogP contribution in [0, 0.1) is 0 Å². The fourth-order valence-corrected chi connectivity index (χ4v) is 3.10. The van der Waals surface area contributed by atoms with E-state index in [1.54, 1.807) is 43.5 Å². The van der Waals surface area contributed by atoms with Crippen LogP contribution in [0.2, 0.25) is 0 Å². The van der Waals surface area contributed by atoms with Gasteiger partial charge in [0.1, 0.15) is 5.82 Å². The number of nitrogens with zero attached hydrogens (tertiary/aromatic N) is 1. The highest BCUT2D eigenvalue weighted by molar-refractivity contribution is 5.97. The summed E-state index contributed by atoms with van der Waals surface area (Å²) in [7, 11) is 0. The number of amides is 1. The third-order valence-corrected chi connectivity index (χ3v) is 4.40. The first-order valence-corrected chi connectivity index (χ1v) is 8.97. The highest BCUT2D eigenvalue weighted by Crippen LogP contribution is 2.22. The van der Waals surface area contributed by atoms with Crippen LogP contribution in [0.15, 0.2) is 42.6 Å². The lowest BCUT2D eigenvalue weighted by atomic mass is 10.1. The van der Waals surface area contributed by atoms with Crippen molar-refractivity contribution >= 4 is 23.4 Å². The maximum Gasteiger partial charge on any atom is 0.340 e. The molecule has 0 bridgehead atoms. The molecule has 1 aromatic heterocycles. The number of nitrogens with one attached hydrogen (secondary N) is 2. The number of hydrogen-bond donors (Lipinski definition) is 2. The van der Waals surface area contributed by atoms with E-state index in [1.165, 1.54) is 12.8 Å². The number of para-hydroxylation sites is 1. The van der Waals surface area contributed by atoms with Crippen molar-refractivity contribution in [1.82, 2.24) is 10.3 Å². The van der Waals surface area contributed by atoms with Crippen molar-refractivity contribution in [3.8, 4) is 0 Å². The number of ether oxygens (including phenoxy) is 1. The van der Waals surface area contributed by atoms with Crippen LogP contribution >= 0.6 is 0 Å². The van der Waals surface area contributed by atoms with Crippen molar-refractivity contribution in [2.24, 2.45) is 0 Å². The molecule has 1 amide bonds. The number of esters is 1. The van der Waals surface area contributed by atoms with Gasteiger partial charge in [-0.1, -0.05) is 25.0 Å². The van der Waals surface area contributed by atoms with Gasteiger partial charge in [-0.05, 0) is 44.0 Å². The Morgan fingerprint density at radius 3 is 2.73 bits per heavy atom. The minimum atomic E-state index is -0.397. The van der Waals surface area contributed by atoms with Gasteiger partial charge in [-0.2, -0.15) is 0 Å². The molecule has 1 aliphatic carbocycles. The van der Waals surface area contributed by atoms with Gasteiger partial charge in [0.25, 0.3) is 5.91 Å². The zero-order valence-corrected chi connectivity index (χ0v) is 14.8. The highest BCUT2D eigenvalue weighted by Gasteiger charge is 2.18. The average Bonchev–Trinajstić information content (AvgIpc) is 3.15. The molecule has 2 aromatic rings. The second-order valence-corrected chi connectivity index (χ2v) is 6.28. The van der Waals surface area contributed by atoms with Gasteiger partial charge in [0.2, 0.25) is 0 Å². The van der Waals surface area contributed by atoms with E-state index in [0.29, 0.717) is 29.2 Å². The lowest BCUT2D eigenvalue weighted by molar-refractivity contribution is 0.0527. The van der Waals surface area contributed by atoms with Crippen LogP contribution < -0.4 is 10.6 Å². The molecule has 6 nitrogen and oxygen atoms in total. The summed E-state index contributed by atoms with van der Waals surface area (Å²) < 4.78 is 5.08. The molecule has 1 aromatic carbocycles. The van der Waals surface area contributed by atoms with E-state index in [0.717, 1.165) is 12.8 Å². The molecule has 26 heavy (non-hydrogen) atoms. The Hall–Kier alpha value is -2.89. The summed E-state index contributed by atoms with van der Waals surface area (Å²) in [5.41, 5.74) is 1.56. The van der Waals surface area contributed by atoms with Gasteiger partial charge in [-0.3, -0.25) is 4.79 Å². The van der Waals surface area contributed by atoms with Crippen molar-refractivity contribution < 1.29 is 14.3 Å². The van der Waals surface area contributed by atoms with Crippen molar-refractivity contribution in [1.29, 1.82) is 0 Å². The zero-order chi connectivity index (χ0) is 18.4. The SMILES string of the molecule is CCOC(=O)c1ccccc1Nc1cc(C(=O)NC2CCCC2)ccn1. The first-order valence-electron chi connectivity index (χ1n) is 8.97. The van der Waals surface area contributed by atoms with E-state index in [9.17, 15) is 9.59 Å². The van der Waals surface area contributed by atoms with Crippen molar-refractivity contribution in [3.63, 3.8) is 0 Å². The van der Waals surface area contributed by atoms with Gasteiger partial charge < -0.3 is 15.4 Å². The number of anilines is 2. The van der Waals surface area contributed by atoms with Crippen molar-refractivity contribution in [2.75, 3.05) is 11.9 Å². The van der Waals surface area contributed by atoms with Crippen LogP contribution in [0.25, 0.3) is 0 Å². The van der Waals surface area contributed by atoms with E-state index >= 15 is 0 Å². The number of carbonyl (C=O) groups is 2. The van der Waals surface area contributed by atoms with Crippen LogP contribution in [0.1, 0.15) is 53.3 Å². The highest BCUT2D eigenvalue weighted by atomic mass is 16.5. The van der Waals surface area contributed by atoms with E-state index in [1.807, 2.05) is 6.07 Å². The largest absolute Gasteiger partial charge is 0.462 e. The molecule has 1 saturated carbocycles. The van der Waals surface area contributed by atoms with Crippen LogP contribution in [-0.2, 0) is 4.74 Å². The molecule has 0 atom stereocenters. The molecular formula is C20H23N3O3. The first-order chi connectivity index (χ1) is 12.7. The molecule has 2 N–H and O–H groups in total. The summed E-state index contributed by atoms with van der Waals surface area (Å²) in [6.45, 7) is 2.07. The van der Waals surface area contributed by atoms with Gasteiger partial charge in [0, 0.05) is 17.8 Å². The molecule has 1 aliphatic rings. The molecule has 0 unspecified atom stereocenters.